The monoisotopic (exact) mass is 272 g/mol. The fourth-order valence-electron chi connectivity index (χ4n) is 2.77. The van der Waals surface area contributed by atoms with Crippen LogP contribution in [0.4, 0.5) is 0 Å². The van der Waals surface area contributed by atoms with Gasteiger partial charge in [0, 0.05) is 19.2 Å². The molecule has 1 aromatic carbocycles. The van der Waals surface area contributed by atoms with Crippen molar-refractivity contribution in [1.29, 1.82) is 0 Å². The van der Waals surface area contributed by atoms with Crippen LogP contribution in [0.25, 0.3) is 6.08 Å². The summed E-state index contributed by atoms with van der Waals surface area (Å²) in [6.45, 7) is 6.90. The molecule has 2 rings (SSSR count). The van der Waals surface area contributed by atoms with Gasteiger partial charge in [-0.1, -0.05) is 23.8 Å². The fourth-order valence-corrected chi connectivity index (χ4v) is 2.77. The predicted octanol–water partition coefficient (Wildman–Crippen LogP) is 2.38. The highest BCUT2D eigenvalue weighted by Gasteiger charge is 2.24. The van der Waals surface area contributed by atoms with Crippen molar-refractivity contribution in [3.63, 3.8) is 0 Å². The lowest BCUT2D eigenvalue weighted by Gasteiger charge is -2.14. The maximum absolute atomic E-state index is 12.2. The molecule has 1 aromatic rings. The summed E-state index contributed by atoms with van der Waals surface area (Å²) in [4.78, 5) is 14.1. The molecule has 1 heterocycles. The van der Waals surface area contributed by atoms with E-state index in [2.05, 4.69) is 37.4 Å². The zero-order valence-corrected chi connectivity index (χ0v) is 12.6. The van der Waals surface area contributed by atoms with Crippen LogP contribution in [0.1, 0.15) is 23.1 Å². The van der Waals surface area contributed by atoms with Crippen molar-refractivity contribution in [2.45, 2.75) is 20.3 Å². The number of hydrogen-bond acceptors (Lipinski definition) is 2. The molecule has 1 saturated heterocycles. The fraction of sp³-hybridized carbons (Fsp3) is 0.471. The summed E-state index contributed by atoms with van der Waals surface area (Å²) in [5.41, 5.74) is 3.58. The first-order valence-corrected chi connectivity index (χ1v) is 7.29. The summed E-state index contributed by atoms with van der Waals surface area (Å²) in [6.07, 6.45) is 4.74. The normalized spacial score (nSPS) is 18.9. The number of aryl methyl sites for hydroxylation is 2. The van der Waals surface area contributed by atoms with Crippen molar-refractivity contribution in [3.05, 3.63) is 41.0 Å². The second-order valence-electron chi connectivity index (χ2n) is 5.69. The van der Waals surface area contributed by atoms with Gasteiger partial charge in [0.25, 0.3) is 0 Å². The minimum atomic E-state index is 0.128. The second-order valence-corrected chi connectivity index (χ2v) is 5.69. The average molecular weight is 272 g/mol. The molecule has 3 nitrogen and oxygen atoms in total. The first-order chi connectivity index (χ1) is 9.60. The first kappa shape index (κ1) is 14.8. The zero-order chi connectivity index (χ0) is 14.5. The Bertz CT molecular complexity index is 508. The van der Waals surface area contributed by atoms with Gasteiger partial charge in [-0.2, -0.15) is 0 Å². The van der Waals surface area contributed by atoms with Crippen molar-refractivity contribution in [2.75, 3.05) is 26.7 Å². The van der Waals surface area contributed by atoms with Crippen LogP contribution in [-0.2, 0) is 4.79 Å². The van der Waals surface area contributed by atoms with Crippen molar-refractivity contribution in [2.24, 2.45) is 5.92 Å². The minimum absolute atomic E-state index is 0.128. The number of carbonyl (C=O) groups excluding carboxylic acids is 1. The highest BCUT2D eigenvalue weighted by molar-refractivity contribution is 5.92. The smallest absolute Gasteiger partial charge is 0.246 e. The largest absolute Gasteiger partial charge is 0.339 e. The van der Waals surface area contributed by atoms with Gasteiger partial charge in [-0.25, -0.2) is 0 Å². The molecule has 1 aliphatic rings. The van der Waals surface area contributed by atoms with E-state index in [9.17, 15) is 4.79 Å². The molecule has 1 fully saturated rings. The molecular formula is C17H24N2O. The van der Waals surface area contributed by atoms with Gasteiger partial charge in [-0.15, -0.1) is 0 Å². The van der Waals surface area contributed by atoms with Gasteiger partial charge >= 0.3 is 0 Å². The number of nitrogens with one attached hydrogen (secondary N) is 1. The molecule has 1 amide bonds. The molecule has 0 saturated carbocycles. The molecule has 0 bridgehead atoms. The highest BCUT2D eigenvalue weighted by atomic mass is 16.2. The minimum Gasteiger partial charge on any atom is -0.339 e. The van der Waals surface area contributed by atoms with Crippen LogP contribution < -0.4 is 5.32 Å². The van der Waals surface area contributed by atoms with Crippen molar-refractivity contribution >= 4 is 12.0 Å². The summed E-state index contributed by atoms with van der Waals surface area (Å²) in [7, 11) is 1.96. The van der Waals surface area contributed by atoms with E-state index in [4.69, 9.17) is 0 Å². The SMILES string of the molecule is CNCC1CCN(C(=O)/C=C/c2ccc(C)cc2C)C1. The zero-order valence-electron chi connectivity index (χ0n) is 12.6. The lowest BCUT2D eigenvalue weighted by Crippen LogP contribution is -2.28. The van der Waals surface area contributed by atoms with E-state index in [1.54, 1.807) is 6.08 Å². The topological polar surface area (TPSA) is 32.3 Å². The molecule has 20 heavy (non-hydrogen) atoms. The first-order valence-electron chi connectivity index (χ1n) is 7.29. The Morgan fingerprint density at radius 1 is 1.45 bits per heavy atom. The van der Waals surface area contributed by atoms with Gasteiger partial charge in [0.05, 0.1) is 0 Å². The van der Waals surface area contributed by atoms with E-state index in [0.29, 0.717) is 5.92 Å². The van der Waals surface area contributed by atoms with Crippen LogP contribution in [0.5, 0.6) is 0 Å². The predicted molar refractivity (Wildman–Crippen MR) is 83.6 cm³/mol. The van der Waals surface area contributed by atoms with Crippen molar-refractivity contribution < 1.29 is 4.79 Å². The maximum atomic E-state index is 12.2. The number of likely N-dealkylation sites (tertiary alicyclic amines) is 1. The maximum Gasteiger partial charge on any atom is 0.246 e. The third-order valence-electron chi connectivity index (χ3n) is 3.92. The van der Waals surface area contributed by atoms with Gasteiger partial charge in [0.2, 0.25) is 5.91 Å². The van der Waals surface area contributed by atoms with Gasteiger partial charge < -0.3 is 10.2 Å². The van der Waals surface area contributed by atoms with E-state index < -0.39 is 0 Å². The summed E-state index contributed by atoms with van der Waals surface area (Å²) in [5, 5.41) is 3.18. The lowest BCUT2D eigenvalue weighted by atomic mass is 10.1. The Labute approximate surface area is 121 Å². The summed E-state index contributed by atoms with van der Waals surface area (Å²) in [5.74, 6) is 0.724. The molecule has 1 aliphatic heterocycles. The summed E-state index contributed by atoms with van der Waals surface area (Å²) < 4.78 is 0. The number of hydrogen-bond donors (Lipinski definition) is 1. The molecule has 3 heteroatoms. The number of benzene rings is 1. The molecule has 1 unspecified atom stereocenters. The summed E-state index contributed by atoms with van der Waals surface area (Å²) >= 11 is 0. The van der Waals surface area contributed by atoms with E-state index >= 15 is 0 Å². The molecule has 0 aromatic heterocycles. The van der Waals surface area contributed by atoms with E-state index in [1.165, 1.54) is 11.1 Å². The van der Waals surface area contributed by atoms with Crippen molar-refractivity contribution in [1.82, 2.24) is 10.2 Å². The lowest BCUT2D eigenvalue weighted by molar-refractivity contribution is -0.125. The summed E-state index contributed by atoms with van der Waals surface area (Å²) in [6, 6.07) is 6.29. The molecule has 0 aliphatic carbocycles. The Morgan fingerprint density at radius 2 is 2.25 bits per heavy atom. The Hall–Kier alpha value is -1.61. The van der Waals surface area contributed by atoms with Crippen LogP contribution in [-0.4, -0.2) is 37.5 Å². The number of nitrogens with zero attached hydrogens (tertiary/aromatic N) is 1. The van der Waals surface area contributed by atoms with Gasteiger partial charge in [0.15, 0.2) is 0 Å². The number of amides is 1. The quantitative estimate of drug-likeness (QED) is 0.854. The van der Waals surface area contributed by atoms with Crippen LogP contribution in [0.3, 0.4) is 0 Å². The van der Waals surface area contributed by atoms with Gasteiger partial charge in [-0.3, -0.25) is 4.79 Å². The Kier molecular flexibility index (Phi) is 4.96. The Morgan fingerprint density at radius 3 is 2.95 bits per heavy atom. The van der Waals surface area contributed by atoms with E-state index in [-0.39, 0.29) is 5.91 Å². The van der Waals surface area contributed by atoms with Crippen LogP contribution in [0, 0.1) is 19.8 Å². The van der Waals surface area contributed by atoms with Crippen molar-refractivity contribution in [3.8, 4) is 0 Å². The van der Waals surface area contributed by atoms with E-state index in [1.807, 2.05) is 18.0 Å². The molecule has 1 atom stereocenters. The standard InChI is InChI=1S/C17H24N2O/c1-13-4-5-16(14(2)10-13)6-7-17(20)19-9-8-15(12-19)11-18-3/h4-7,10,15,18H,8-9,11-12H2,1-3H3/b7-6+. The van der Waals surface area contributed by atoms with Gasteiger partial charge in [0.1, 0.15) is 0 Å². The average Bonchev–Trinajstić information content (AvgIpc) is 2.86. The molecular weight excluding hydrogens is 248 g/mol. The molecule has 1 N–H and O–H groups in total. The van der Waals surface area contributed by atoms with Crippen LogP contribution in [0.15, 0.2) is 24.3 Å². The Balaban J connectivity index is 1.96. The third kappa shape index (κ3) is 3.70. The molecule has 0 radical (unpaired) electrons. The van der Waals surface area contributed by atoms with Crippen LogP contribution >= 0.6 is 0 Å². The highest BCUT2D eigenvalue weighted by Crippen LogP contribution is 2.17. The molecule has 0 spiro atoms. The van der Waals surface area contributed by atoms with Crippen LogP contribution in [0.2, 0.25) is 0 Å². The number of rotatable bonds is 4. The van der Waals surface area contributed by atoms with Gasteiger partial charge in [-0.05, 0) is 57.0 Å². The molecule has 108 valence electrons. The number of carbonyl (C=O) groups is 1. The third-order valence-corrected chi connectivity index (χ3v) is 3.92. The second kappa shape index (κ2) is 6.71. The van der Waals surface area contributed by atoms with E-state index in [0.717, 1.165) is 31.6 Å².